The summed E-state index contributed by atoms with van der Waals surface area (Å²) < 4.78 is 60.7. The highest BCUT2D eigenvalue weighted by Gasteiger charge is 2.30. The maximum Gasteiger partial charge on any atom is 0.402 e. The zero-order valence-corrected chi connectivity index (χ0v) is 12.0. The zero-order chi connectivity index (χ0) is 14.7. The third-order valence-corrected chi connectivity index (χ3v) is 4.55. The van der Waals surface area contributed by atoms with Gasteiger partial charge in [-0.1, -0.05) is 13.8 Å². The number of thiophene rings is 1. The standard InChI is InChI=1S/C10H15F3N2O2S2/c1-7(2)14-4-8-3-9(5-18-8)19(16,17)15-6-10(11,12)13/h3,5,7,14-15H,4,6H2,1-2H3. The lowest BCUT2D eigenvalue weighted by Crippen LogP contribution is -2.33. The van der Waals surface area contributed by atoms with Gasteiger partial charge in [-0.2, -0.15) is 13.2 Å². The van der Waals surface area contributed by atoms with Crippen molar-refractivity contribution in [3.63, 3.8) is 0 Å². The van der Waals surface area contributed by atoms with Crippen LogP contribution in [0.2, 0.25) is 0 Å². The molecule has 1 heterocycles. The monoisotopic (exact) mass is 316 g/mol. The Morgan fingerprint density at radius 1 is 1.37 bits per heavy atom. The van der Waals surface area contributed by atoms with Gasteiger partial charge in [0.25, 0.3) is 0 Å². The first kappa shape index (κ1) is 16.4. The summed E-state index contributed by atoms with van der Waals surface area (Å²) in [5.41, 5.74) is 0. The SMILES string of the molecule is CC(C)NCc1cc(S(=O)(=O)NCC(F)(F)F)cs1. The Labute approximate surface area is 114 Å². The van der Waals surface area contributed by atoms with E-state index in [2.05, 4.69) is 5.32 Å². The molecule has 0 radical (unpaired) electrons. The summed E-state index contributed by atoms with van der Waals surface area (Å²) in [6, 6.07) is 1.61. The van der Waals surface area contributed by atoms with Gasteiger partial charge in [0.15, 0.2) is 0 Å². The lowest BCUT2D eigenvalue weighted by Gasteiger charge is -2.08. The van der Waals surface area contributed by atoms with E-state index in [0.717, 1.165) is 4.88 Å². The molecular formula is C10H15F3N2O2S2. The van der Waals surface area contributed by atoms with Crippen LogP contribution in [0.25, 0.3) is 0 Å². The van der Waals surface area contributed by atoms with E-state index >= 15 is 0 Å². The normalized spacial score (nSPS) is 13.2. The molecule has 0 aliphatic heterocycles. The molecule has 9 heteroatoms. The van der Waals surface area contributed by atoms with Gasteiger partial charge in [0.2, 0.25) is 10.0 Å². The second kappa shape index (κ2) is 6.21. The van der Waals surface area contributed by atoms with Gasteiger partial charge in [-0.15, -0.1) is 11.3 Å². The molecule has 0 fully saturated rings. The van der Waals surface area contributed by atoms with Crippen molar-refractivity contribution >= 4 is 21.4 Å². The van der Waals surface area contributed by atoms with E-state index in [1.165, 1.54) is 27.5 Å². The van der Waals surface area contributed by atoms with Crippen LogP contribution in [0.3, 0.4) is 0 Å². The van der Waals surface area contributed by atoms with Gasteiger partial charge >= 0.3 is 6.18 Å². The predicted octanol–water partition coefficient (Wildman–Crippen LogP) is 2.09. The minimum atomic E-state index is -4.56. The molecule has 19 heavy (non-hydrogen) atoms. The summed E-state index contributed by atoms with van der Waals surface area (Å²) in [7, 11) is -4.10. The van der Waals surface area contributed by atoms with Crippen LogP contribution in [0.5, 0.6) is 0 Å². The Bertz CT molecular complexity index is 509. The highest BCUT2D eigenvalue weighted by molar-refractivity contribution is 7.89. The van der Waals surface area contributed by atoms with Crippen molar-refractivity contribution in [2.45, 2.75) is 37.5 Å². The minimum absolute atomic E-state index is 0.137. The lowest BCUT2D eigenvalue weighted by molar-refractivity contribution is -0.121. The second-order valence-corrected chi connectivity index (χ2v) is 6.99. The van der Waals surface area contributed by atoms with Gasteiger partial charge < -0.3 is 5.32 Å². The average molecular weight is 316 g/mol. The van der Waals surface area contributed by atoms with E-state index in [1.807, 2.05) is 13.8 Å². The Kier molecular flexibility index (Phi) is 5.36. The highest BCUT2D eigenvalue weighted by Crippen LogP contribution is 2.20. The summed E-state index contributed by atoms with van der Waals surface area (Å²) in [5, 5.41) is 4.43. The van der Waals surface area contributed by atoms with Crippen molar-refractivity contribution in [1.29, 1.82) is 0 Å². The van der Waals surface area contributed by atoms with Gasteiger partial charge in [0.05, 0.1) is 4.90 Å². The van der Waals surface area contributed by atoms with Crippen molar-refractivity contribution in [3.05, 3.63) is 16.3 Å². The first-order valence-electron chi connectivity index (χ1n) is 5.47. The van der Waals surface area contributed by atoms with Crippen LogP contribution < -0.4 is 10.0 Å². The molecule has 4 nitrogen and oxygen atoms in total. The number of rotatable bonds is 6. The maximum atomic E-state index is 12.0. The van der Waals surface area contributed by atoms with Gasteiger partial charge in [-0.25, -0.2) is 13.1 Å². The first-order chi connectivity index (χ1) is 8.60. The smallest absolute Gasteiger partial charge is 0.310 e. The van der Waals surface area contributed by atoms with Gasteiger partial charge in [-0.3, -0.25) is 0 Å². The number of halogens is 3. The summed E-state index contributed by atoms with van der Waals surface area (Å²) in [5.74, 6) is 0. The number of sulfonamides is 1. The molecule has 0 saturated heterocycles. The third kappa shape index (κ3) is 5.89. The molecule has 1 aromatic rings. The van der Waals surface area contributed by atoms with Crippen LogP contribution in [0.4, 0.5) is 13.2 Å². The lowest BCUT2D eigenvalue weighted by atomic mass is 10.4. The highest BCUT2D eigenvalue weighted by atomic mass is 32.2. The summed E-state index contributed by atoms with van der Waals surface area (Å²) in [4.78, 5) is 0.614. The molecule has 1 aromatic heterocycles. The predicted molar refractivity (Wildman–Crippen MR) is 67.5 cm³/mol. The summed E-state index contributed by atoms with van der Waals surface area (Å²) >= 11 is 1.19. The fourth-order valence-corrected chi connectivity index (χ4v) is 3.40. The fourth-order valence-electron chi connectivity index (χ4n) is 1.16. The van der Waals surface area contributed by atoms with Gasteiger partial charge in [0.1, 0.15) is 6.54 Å². The Morgan fingerprint density at radius 2 is 2.00 bits per heavy atom. The maximum absolute atomic E-state index is 12.0. The van der Waals surface area contributed by atoms with Crippen LogP contribution in [0.1, 0.15) is 18.7 Å². The molecule has 0 saturated carbocycles. The number of alkyl halides is 3. The van der Waals surface area contributed by atoms with Gasteiger partial charge in [-0.05, 0) is 6.07 Å². The van der Waals surface area contributed by atoms with Crippen LogP contribution in [0, 0.1) is 0 Å². The summed E-state index contributed by atoms with van der Waals surface area (Å²) in [6.45, 7) is 2.80. The topological polar surface area (TPSA) is 58.2 Å². The molecule has 1 rings (SSSR count). The second-order valence-electron chi connectivity index (χ2n) is 4.22. The molecule has 0 atom stereocenters. The quantitative estimate of drug-likeness (QED) is 0.845. The third-order valence-electron chi connectivity index (χ3n) is 2.09. The number of hydrogen-bond acceptors (Lipinski definition) is 4. The molecule has 0 amide bonds. The molecule has 2 N–H and O–H groups in total. The van der Waals surface area contributed by atoms with E-state index in [0.29, 0.717) is 6.54 Å². The van der Waals surface area contributed by atoms with E-state index in [-0.39, 0.29) is 10.9 Å². The number of hydrogen-bond donors (Lipinski definition) is 2. The Balaban J connectivity index is 2.69. The zero-order valence-electron chi connectivity index (χ0n) is 10.4. The fraction of sp³-hybridized carbons (Fsp3) is 0.600. The largest absolute Gasteiger partial charge is 0.402 e. The van der Waals surface area contributed by atoms with Crippen LogP contribution in [0.15, 0.2) is 16.3 Å². The first-order valence-corrected chi connectivity index (χ1v) is 7.83. The molecule has 110 valence electrons. The molecule has 0 aliphatic carbocycles. The van der Waals surface area contributed by atoms with Crippen LogP contribution in [-0.2, 0) is 16.6 Å². The van der Waals surface area contributed by atoms with E-state index < -0.39 is 22.7 Å². The van der Waals surface area contributed by atoms with Crippen molar-refractivity contribution in [3.8, 4) is 0 Å². The average Bonchev–Trinajstić information content (AvgIpc) is 2.72. The molecule has 0 bridgehead atoms. The van der Waals surface area contributed by atoms with E-state index in [9.17, 15) is 21.6 Å². The van der Waals surface area contributed by atoms with Crippen LogP contribution in [-0.4, -0.2) is 27.2 Å². The molecular weight excluding hydrogens is 301 g/mol. The van der Waals surface area contributed by atoms with Crippen molar-refractivity contribution in [2.75, 3.05) is 6.54 Å². The number of nitrogens with one attached hydrogen (secondary N) is 2. The van der Waals surface area contributed by atoms with Gasteiger partial charge in [0, 0.05) is 22.8 Å². The molecule has 0 unspecified atom stereocenters. The van der Waals surface area contributed by atoms with E-state index in [4.69, 9.17) is 0 Å². The summed E-state index contributed by atoms with van der Waals surface area (Å²) in [6.07, 6.45) is -4.56. The molecule has 0 aliphatic rings. The van der Waals surface area contributed by atoms with Crippen molar-refractivity contribution in [2.24, 2.45) is 0 Å². The Morgan fingerprint density at radius 3 is 2.53 bits per heavy atom. The van der Waals surface area contributed by atoms with E-state index in [1.54, 1.807) is 0 Å². The van der Waals surface area contributed by atoms with Crippen molar-refractivity contribution < 1.29 is 21.6 Å². The molecule has 0 aromatic carbocycles. The van der Waals surface area contributed by atoms with Crippen LogP contribution >= 0.6 is 11.3 Å². The Hall–Kier alpha value is -0.640. The molecule has 0 spiro atoms. The van der Waals surface area contributed by atoms with Crippen molar-refractivity contribution in [1.82, 2.24) is 10.0 Å². The minimum Gasteiger partial charge on any atom is -0.310 e.